The molecule has 1 fully saturated rings. The maximum absolute atomic E-state index is 13.5. The number of hydrogen-bond acceptors (Lipinski definition) is 5. The Labute approximate surface area is 233 Å². The number of ether oxygens (including phenoxy) is 1. The zero-order chi connectivity index (χ0) is 27.8. The lowest BCUT2D eigenvalue weighted by atomic mass is 9.89. The number of anilines is 1. The van der Waals surface area contributed by atoms with E-state index in [4.69, 9.17) is 4.74 Å². The van der Waals surface area contributed by atoms with Crippen LogP contribution in [-0.2, 0) is 22.4 Å². The first kappa shape index (κ1) is 29.1. The Morgan fingerprint density at radius 2 is 1.87 bits per heavy atom. The number of carbonyl (C=O) groups is 2. The number of hydrogen-bond donors (Lipinski definition) is 2. The van der Waals surface area contributed by atoms with Crippen molar-refractivity contribution in [1.29, 1.82) is 0 Å². The highest BCUT2D eigenvalue weighted by Crippen LogP contribution is 2.30. The van der Waals surface area contributed by atoms with Crippen LogP contribution < -0.4 is 10.1 Å². The van der Waals surface area contributed by atoms with Crippen LogP contribution >= 0.6 is 0 Å². The van der Waals surface area contributed by atoms with Crippen molar-refractivity contribution in [2.45, 2.75) is 70.9 Å². The molecule has 4 rings (SSSR count). The van der Waals surface area contributed by atoms with Gasteiger partial charge in [0.1, 0.15) is 11.9 Å². The molecule has 1 heterocycles. The molecule has 0 unspecified atom stereocenters. The van der Waals surface area contributed by atoms with Crippen molar-refractivity contribution >= 4 is 17.5 Å². The van der Waals surface area contributed by atoms with Crippen LogP contribution in [0.1, 0.15) is 57.1 Å². The van der Waals surface area contributed by atoms with E-state index in [1.165, 1.54) is 32.1 Å². The van der Waals surface area contributed by atoms with E-state index in [0.29, 0.717) is 18.0 Å². The summed E-state index contributed by atoms with van der Waals surface area (Å²) in [6.07, 6.45) is 6.90. The van der Waals surface area contributed by atoms with E-state index < -0.39 is 0 Å². The van der Waals surface area contributed by atoms with Gasteiger partial charge in [0, 0.05) is 36.8 Å². The van der Waals surface area contributed by atoms with Crippen LogP contribution in [0.3, 0.4) is 0 Å². The van der Waals surface area contributed by atoms with Crippen LogP contribution in [-0.4, -0.2) is 72.2 Å². The Balaban J connectivity index is 1.53. The monoisotopic (exact) mass is 535 g/mol. The second-order valence-electron chi connectivity index (χ2n) is 11.6. The molecule has 1 aliphatic heterocycles. The molecule has 2 N–H and O–H groups in total. The lowest BCUT2D eigenvalue weighted by molar-refractivity contribution is -0.134. The average Bonchev–Trinajstić information content (AvgIpc) is 2.97. The number of rotatable bonds is 9. The molecule has 7 heteroatoms. The number of aliphatic hydroxyl groups excluding tert-OH is 1. The number of nitrogens with zero attached hydrogens (tertiary/aromatic N) is 2. The van der Waals surface area contributed by atoms with Crippen molar-refractivity contribution < 1.29 is 19.4 Å². The van der Waals surface area contributed by atoms with Gasteiger partial charge in [-0.15, -0.1) is 0 Å². The number of likely N-dealkylation sites (N-methyl/N-ethyl adjacent to an activating group) is 1. The third-order valence-corrected chi connectivity index (χ3v) is 8.19. The summed E-state index contributed by atoms with van der Waals surface area (Å²) >= 11 is 0. The minimum absolute atomic E-state index is 0.0442. The van der Waals surface area contributed by atoms with Crippen LogP contribution in [0.2, 0.25) is 0 Å². The molecule has 2 aromatic rings. The lowest BCUT2D eigenvalue weighted by Crippen LogP contribution is -2.48. The summed E-state index contributed by atoms with van der Waals surface area (Å²) < 4.78 is 6.66. The summed E-state index contributed by atoms with van der Waals surface area (Å²) in [7, 11) is 2.17. The van der Waals surface area contributed by atoms with E-state index in [1.54, 1.807) is 4.90 Å². The summed E-state index contributed by atoms with van der Waals surface area (Å²) in [4.78, 5) is 30.3. The third kappa shape index (κ3) is 8.29. The molecule has 0 aromatic heterocycles. The van der Waals surface area contributed by atoms with E-state index in [-0.39, 0.29) is 49.3 Å². The van der Waals surface area contributed by atoms with Crippen LogP contribution in [0.25, 0.3) is 0 Å². The molecule has 212 valence electrons. The zero-order valence-corrected chi connectivity index (χ0v) is 23.8. The summed E-state index contributed by atoms with van der Waals surface area (Å²) in [6, 6.07) is 14.9. The normalized spacial score (nSPS) is 21.4. The molecule has 0 bridgehead atoms. The van der Waals surface area contributed by atoms with Gasteiger partial charge < -0.3 is 25.0 Å². The molecule has 1 aliphatic carbocycles. The fourth-order valence-corrected chi connectivity index (χ4v) is 5.90. The van der Waals surface area contributed by atoms with Gasteiger partial charge in [0.15, 0.2) is 0 Å². The fraction of sp³-hybridized carbons (Fsp3) is 0.562. The second-order valence-corrected chi connectivity index (χ2v) is 11.6. The second kappa shape index (κ2) is 13.9. The number of carbonyl (C=O) groups excluding carboxylic acids is 2. The van der Waals surface area contributed by atoms with E-state index >= 15 is 0 Å². The molecule has 0 saturated heterocycles. The average molecular weight is 536 g/mol. The Morgan fingerprint density at radius 3 is 2.59 bits per heavy atom. The number of benzene rings is 2. The molecule has 2 amide bonds. The van der Waals surface area contributed by atoms with Crippen LogP contribution in [0.15, 0.2) is 48.5 Å². The molecular formula is C32H45N3O4. The molecule has 0 spiro atoms. The largest absolute Gasteiger partial charge is 0.488 e. The molecule has 39 heavy (non-hydrogen) atoms. The number of nitrogens with one attached hydrogen (secondary N) is 1. The van der Waals surface area contributed by atoms with E-state index in [0.717, 1.165) is 30.1 Å². The first-order chi connectivity index (χ1) is 18.8. The minimum atomic E-state index is -0.282. The van der Waals surface area contributed by atoms with Gasteiger partial charge in [-0.1, -0.05) is 56.5 Å². The lowest BCUT2D eigenvalue weighted by Gasteiger charge is -2.35. The SMILES string of the molecule is C[C@@H]1CN([C@@H](C)CO)C(=O)Cc2cc(NC(=O)Cc3ccccc3)ccc2O[C@H]1CN(C)CC1CCCCC1. The van der Waals surface area contributed by atoms with Gasteiger partial charge in [-0.25, -0.2) is 0 Å². The summed E-state index contributed by atoms with van der Waals surface area (Å²) in [5, 5.41) is 12.9. The Bertz CT molecular complexity index is 1090. The van der Waals surface area contributed by atoms with Gasteiger partial charge in [0.05, 0.1) is 25.5 Å². The highest BCUT2D eigenvalue weighted by atomic mass is 16.5. The first-order valence-corrected chi connectivity index (χ1v) is 14.5. The first-order valence-electron chi connectivity index (χ1n) is 14.5. The summed E-state index contributed by atoms with van der Waals surface area (Å²) in [6.45, 7) is 6.27. The summed E-state index contributed by atoms with van der Waals surface area (Å²) in [5.41, 5.74) is 2.34. The topological polar surface area (TPSA) is 82.1 Å². The van der Waals surface area contributed by atoms with Crippen molar-refractivity contribution in [2.75, 3.05) is 38.6 Å². The van der Waals surface area contributed by atoms with Crippen molar-refractivity contribution in [3.8, 4) is 5.75 Å². The fourth-order valence-electron chi connectivity index (χ4n) is 5.90. The molecule has 2 aliphatic rings. The third-order valence-electron chi connectivity index (χ3n) is 8.19. The number of amides is 2. The molecular weight excluding hydrogens is 490 g/mol. The maximum Gasteiger partial charge on any atom is 0.228 e. The van der Waals surface area contributed by atoms with Crippen molar-refractivity contribution in [3.63, 3.8) is 0 Å². The van der Waals surface area contributed by atoms with Gasteiger partial charge in [-0.05, 0) is 56.5 Å². The molecule has 2 aromatic carbocycles. The molecule has 3 atom stereocenters. The maximum atomic E-state index is 13.5. The number of fused-ring (bicyclic) bond motifs is 1. The van der Waals surface area contributed by atoms with Crippen LogP contribution in [0, 0.1) is 11.8 Å². The molecule has 1 saturated carbocycles. The van der Waals surface area contributed by atoms with Crippen molar-refractivity contribution in [3.05, 3.63) is 59.7 Å². The number of aliphatic hydroxyl groups is 1. The molecule has 0 radical (unpaired) electrons. The van der Waals surface area contributed by atoms with Gasteiger partial charge in [0.25, 0.3) is 0 Å². The van der Waals surface area contributed by atoms with Gasteiger partial charge >= 0.3 is 0 Å². The highest BCUT2D eigenvalue weighted by molar-refractivity contribution is 5.92. The smallest absolute Gasteiger partial charge is 0.228 e. The zero-order valence-electron chi connectivity index (χ0n) is 23.8. The predicted molar refractivity (Wildman–Crippen MR) is 155 cm³/mol. The van der Waals surface area contributed by atoms with Gasteiger partial charge in [0.2, 0.25) is 11.8 Å². The van der Waals surface area contributed by atoms with E-state index in [1.807, 2.05) is 55.5 Å². The Kier molecular flexibility index (Phi) is 10.4. The van der Waals surface area contributed by atoms with Crippen LogP contribution in [0.4, 0.5) is 5.69 Å². The van der Waals surface area contributed by atoms with Gasteiger partial charge in [-0.2, -0.15) is 0 Å². The Morgan fingerprint density at radius 1 is 1.13 bits per heavy atom. The van der Waals surface area contributed by atoms with Gasteiger partial charge in [-0.3, -0.25) is 9.59 Å². The Hall–Kier alpha value is -2.90. The van der Waals surface area contributed by atoms with E-state index in [9.17, 15) is 14.7 Å². The standard InChI is InChI=1S/C32H45N3O4/c1-23-19-35(24(2)22-36)32(38)18-27-17-28(33-31(37)16-25-10-6-4-7-11-25)14-15-29(27)39-30(23)21-34(3)20-26-12-8-5-9-13-26/h4,6-7,10-11,14-15,17,23-24,26,30,36H,5,8-9,12-13,16,18-22H2,1-3H3,(H,33,37)/t23-,24+,30+/m1/s1. The van der Waals surface area contributed by atoms with Crippen molar-refractivity contribution in [1.82, 2.24) is 9.80 Å². The van der Waals surface area contributed by atoms with Crippen molar-refractivity contribution in [2.24, 2.45) is 11.8 Å². The predicted octanol–water partition coefficient (Wildman–Crippen LogP) is 4.53. The van der Waals surface area contributed by atoms with Crippen LogP contribution in [0.5, 0.6) is 5.75 Å². The minimum Gasteiger partial charge on any atom is -0.488 e. The highest BCUT2D eigenvalue weighted by Gasteiger charge is 2.31. The quantitative estimate of drug-likeness (QED) is 0.493. The summed E-state index contributed by atoms with van der Waals surface area (Å²) in [5.74, 6) is 1.34. The molecule has 7 nitrogen and oxygen atoms in total. The van der Waals surface area contributed by atoms with E-state index in [2.05, 4.69) is 24.2 Å².